The number of nitrogens with zero attached hydrogens (tertiary/aromatic N) is 3. The third-order valence-corrected chi connectivity index (χ3v) is 4.75. The molecule has 0 spiro atoms. The zero-order valence-corrected chi connectivity index (χ0v) is 14.7. The average Bonchev–Trinajstić information content (AvgIpc) is 3.41. The van der Waals surface area contributed by atoms with Gasteiger partial charge >= 0.3 is 0 Å². The molecule has 4 rings (SSSR count). The summed E-state index contributed by atoms with van der Waals surface area (Å²) in [5.74, 6) is -0.172. The first-order valence-corrected chi connectivity index (χ1v) is 8.93. The minimum Gasteiger partial charge on any atom is -0.472 e. The number of rotatable bonds is 4. The van der Waals surface area contributed by atoms with Crippen molar-refractivity contribution in [1.82, 2.24) is 20.0 Å². The van der Waals surface area contributed by atoms with Crippen LogP contribution in [0.1, 0.15) is 33.6 Å². The van der Waals surface area contributed by atoms with Crippen molar-refractivity contribution in [2.24, 2.45) is 0 Å². The highest BCUT2D eigenvalue weighted by atomic mass is 16.3. The van der Waals surface area contributed by atoms with E-state index in [9.17, 15) is 9.59 Å². The molecule has 7 nitrogen and oxygen atoms in total. The minimum absolute atomic E-state index is 0.0299. The average molecular weight is 364 g/mol. The van der Waals surface area contributed by atoms with Crippen LogP contribution in [0.25, 0.3) is 5.69 Å². The molecule has 0 aliphatic carbocycles. The first-order chi connectivity index (χ1) is 13.2. The number of nitrogens with one attached hydrogen (secondary N) is 1. The predicted octanol–water partition coefficient (Wildman–Crippen LogP) is 2.50. The van der Waals surface area contributed by atoms with Gasteiger partial charge in [0.05, 0.1) is 29.3 Å². The number of carbonyl (C=O) groups excluding carboxylic acids is 2. The molecule has 1 N–H and O–H groups in total. The largest absolute Gasteiger partial charge is 0.472 e. The van der Waals surface area contributed by atoms with Crippen LogP contribution in [-0.2, 0) is 0 Å². The number of amides is 2. The second kappa shape index (κ2) is 7.49. The van der Waals surface area contributed by atoms with E-state index in [4.69, 9.17) is 4.42 Å². The van der Waals surface area contributed by atoms with Crippen molar-refractivity contribution in [2.45, 2.75) is 18.9 Å². The smallest absolute Gasteiger partial charge is 0.257 e. The molecule has 0 atom stereocenters. The van der Waals surface area contributed by atoms with E-state index in [1.54, 1.807) is 28.0 Å². The Labute approximate surface area is 156 Å². The normalized spacial score (nSPS) is 14.9. The van der Waals surface area contributed by atoms with Gasteiger partial charge in [0.2, 0.25) is 0 Å². The van der Waals surface area contributed by atoms with Gasteiger partial charge in [-0.2, -0.15) is 5.10 Å². The van der Waals surface area contributed by atoms with Crippen LogP contribution in [0.3, 0.4) is 0 Å². The molecule has 138 valence electrons. The van der Waals surface area contributed by atoms with Crippen LogP contribution in [-0.4, -0.2) is 45.6 Å². The molecule has 2 aromatic heterocycles. The van der Waals surface area contributed by atoms with Crippen LogP contribution in [0.15, 0.2) is 65.7 Å². The number of para-hydroxylation sites is 1. The number of furan rings is 1. The van der Waals surface area contributed by atoms with Gasteiger partial charge in [0.15, 0.2) is 0 Å². The monoisotopic (exact) mass is 364 g/mol. The zero-order chi connectivity index (χ0) is 18.6. The fourth-order valence-electron chi connectivity index (χ4n) is 3.23. The van der Waals surface area contributed by atoms with E-state index >= 15 is 0 Å². The molecule has 1 saturated heterocycles. The molecule has 1 aromatic carbocycles. The molecule has 7 heteroatoms. The maximum absolute atomic E-state index is 12.5. The summed E-state index contributed by atoms with van der Waals surface area (Å²) in [6.45, 7) is 1.22. The molecule has 3 heterocycles. The Bertz CT molecular complexity index is 910. The van der Waals surface area contributed by atoms with Gasteiger partial charge in [-0.25, -0.2) is 4.68 Å². The van der Waals surface area contributed by atoms with Crippen molar-refractivity contribution >= 4 is 11.8 Å². The second-order valence-electron chi connectivity index (χ2n) is 6.56. The Kier molecular flexibility index (Phi) is 4.74. The van der Waals surface area contributed by atoms with E-state index in [-0.39, 0.29) is 17.9 Å². The Balaban J connectivity index is 1.32. The van der Waals surface area contributed by atoms with Crippen molar-refractivity contribution in [3.05, 3.63) is 72.4 Å². The standard InChI is InChI=1S/C20H20N4O3/c25-19(16-12-21-24(13-16)18-4-2-1-3-5-18)22-17-6-9-23(10-7-17)20(26)15-8-11-27-14-15/h1-5,8,11-14,17H,6-7,9-10H2,(H,22,25). The Morgan fingerprint density at radius 1 is 1.07 bits per heavy atom. The van der Waals surface area contributed by atoms with Crippen LogP contribution in [0.5, 0.6) is 0 Å². The van der Waals surface area contributed by atoms with Crippen LogP contribution in [0, 0.1) is 0 Å². The number of aromatic nitrogens is 2. The fraction of sp³-hybridized carbons (Fsp3) is 0.250. The van der Waals surface area contributed by atoms with Crippen LogP contribution in [0.2, 0.25) is 0 Å². The Hall–Kier alpha value is -3.35. The van der Waals surface area contributed by atoms with E-state index in [1.807, 2.05) is 30.3 Å². The minimum atomic E-state index is -0.142. The third-order valence-electron chi connectivity index (χ3n) is 4.75. The molecule has 0 bridgehead atoms. The highest BCUT2D eigenvalue weighted by Gasteiger charge is 2.25. The first-order valence-electron chi connectivity index (χ1n) is 8.93. The highest BCUT2D eigenvalue weighted by molar-refractivity contribution is 5.94. The van der Waals surface area contributed by atoms with E-state index in [0.717, 1.165) is 18.5 Å². The summed E-state index contributed by atoms with van der Waals surface area (Å²) in [7, 11) is 0. The maximum atomic E-state index is 12.5. The van der Waals surface area contributed by atoms with Gasteiger partial charge in [0.25, 0.3) is 11.8 Å². The van der Waals surface area contributed by atoms with Gasteiger partial charge < -0.3 is 14.6 Å². The van der Waals surface area contributed by atoms with Crippen molar-refractivity contribution in [2.75, 3.05) is 13.1 Å². The molecular weight excluding hydrogens is 344 g/mol. The lowest BCUT2D eigenvalue weighted by molar-refractivity contribution is 0.0697. The summed E-state index contributed by atoms with van der Waals surface area (Å²) in [5.41, 5.74) is 1.99. The van der Waals surface area contributed by atoms with Crippen molar-refractivity contribution in [1.29, 1.82) is 0 Å². The van der Waals surface area contributed by atoms with Gasteiger partial charge in [-0.1, -0.05) is 18.2 Å². The van der Waals surface area contributed by atoms with Crippen molar-refractivity contribution in [3.63, 3.8) is 0 Å². The number of likely N-dealkylation sites (tertiary alicyclic amines) is 1. The van der Waals surface area contributed by atoms with Gasteiger partial charge in [-0.05, 0) is 31.0 Å². The second-order valence-corrected chi connectivity index (χ2v) is 6.56. The Morgan fingerprint density at radius 2 is 1.85 bits per heavy atom. The lowest BCUT2D eigenvalue weighted by Crippen LogP contribution is -2.46. The molecule has 2 amide bonds. The quantitative estimate of drug-likeness (QED) is 0.771. The molecule has 1 aliphatic rings. The Morgan fingerprint density at radius 3 is 2.56 bits per heavy atom. The molecule has 0 radical (unpaired) electrons. The van der Waals surface area contributed by atoms with Crippen LogP contribution >= 0.6 is 0 Å². The lowest BCUT2D eigenvalue weighted by Gasteiger charge is -2.32. The van der Waals surface area contributed by atoms with Gasteiger partial charge in [0, 0.05) is 25.3 Å². The molecule has 1 aliphatic heterocycles. The van der Waals surface area contributed by atoms with E-state index < -0.39 is 0 Å². The third kappa shape index (κ3) is 3.76. The summed E-state index contributed by atoms with van der Waals surface area (Å²) in [6, 6.07) is 11.4. The molecule has 1 fully saturated rings. The summed E-state index contributed by atoms with van der Waals surface area (Å²) in [6.07, 6.45) is 7.70. The van der Waals surface area contributed by atoms with E-state index in [2.05, 4.69) is 10.4 Å². The van der Waals surface area contributed by atoms with Gasteiger partial charge in [0.1, 0.15) is 6.26 Å². The van der Waals surface area contributed by atoms with Crippen LogP contribution in [0.4, 0.5) is 0 Å². The van der Waals surface area contributed by atoms with Gasteiger partial charge in [-0.15, -0.1) is 0 Å². The van der Waals surface area contributed by atoms with E-state index in [0.29, 0.717) is 24.2 Å². The highest BCUT2D eigenvalue weighted by Crippen LogP contribution is 2.15. The van der Waals surface area contributed by atoms with E-state index in [1.165, 1.54) is 12.5 Å². The number of carbonyl (C=O) groups is 2. The summed E-state index contributed by atoms with van der Waals surface area (Å²) in [5, 5.41) is 7.30. The van der Waals surface area contributed by atoms with Crippen molar-refractivity contribution < 1.29 is 14.0 Å². The summed E-state index contributed by atoms with van der Waals surface area (Å²) < 4.78 is 6.65. The molecule has 27 heavy (non-hydrogen) atoms. The molecule has 0 unspecified atom stereocenters. The first kappa shape index (κ1) is 17.1. The van der Waals surface area contributed by atoms with Crippen molar-refractivity contribution in [3.8, 4) is 5.69 Å². The topological polar surface area (TPSA) is 80.4 Å². The molecule has 3 aromatic rings. The molecular formula is C20H20N4O3. The van der Waals surface area contributed by atoms with Crippen LogP contribution < -0.4 is 5.32 Å². The number of hydrogen-bond donors (Lipinski definition) is 1. The lowest BCUT2D eigenvalue weighted by atomic mass is 10.0. The number of piperidine rings is 1. The number of benzene rings is 1. The SMILES string of the molecule is O=C(NC1CCN(C(=O)c2ccoc2)CC1)c1cnn(-c2ccccc2)c1. The fourth-order valence-corrected chi connectivity index (χ4v) is 3.23. The number of hydrogen-bond acceptors (Lipinski definition) is 4. The van der Waals surface area contributed by atoms with Gasteiger partial charge in [-0.3, -0.25) is 9.59 Å². The zero-order valence-electron chi connectivity index (χ0n) is 14.7. The summed E-state index contributed by atoms with van der Waals surface area (Å²) >= 11 is 0. The maximum Gasteiger partial charge on any atom is 0.257 e. The predicted molar refractivity (Wildman–Crippen MR) is 98.7 cm³/mol. The molecule has 0 saturated carbocycles. The summed E-state index contributed by atoms with van der Waals surface area (Å²) in [4.78, 5) is 26.6.